The van der Waals surface area contributed by atoms with Crippen molar-refractivity contribution in [2.24, 2.45) is 0 Å². The molecule has 0 aliphatic heterocycles. The lowest BCUT2D eigenvalue weighted by Gasteiger charge is -2.09. The number of nitrogens with zero attached hydrogens (tertiary/aromatic N) is 2. The summed E-state index contributed by atoms with van der Waals surface area (Å²) in [6.45, 7) is 0.214. The van der Waals surface area contributed by atoms with Crippen LogP contribution in [0.4, 0.5) is 0 Å². The molecule has 1 aromatic heterocycles. The van der Waals surface area contributed by atoms with Crippen molar-refractivity contribution in [3.63, 3.8) is 0 Å². The van der Waals surface area contributed by atoms with Crippen molar-refractivity contribution in [2.75, 3.05) is 7.11 Å². The lowest BCUT2D eigenvalue weighted by Crippen LogP contribution is -1.99. The largest absolute Gasteiger partial charge is 0.437 e. The molecule has 8 heteroatoms. The van der Waals surface area contributed by atoms with E-state index >= 15 is 0 Å². The van der Waals surface area contributed by atoms with Gasteiger partial charge in [-0.1, -0.05) is 46.4 Å². The highest BCUT2D eigenvalue weighted by Crippen LogP contribution is 2.36. The van der Waals surface area contributed by atoms with Gasteiger partial charge in [-0.25, -0.2) is 4.98 Å². The molecular weight excluding hydrogens is 346 g/mol. The van der Waals surface area contributed by atoms with Crippen molar-refractivity contribution in [1.29, 1.82) is 0 Å². The van der Waals surface area contributed by atoms with Crippen LogP contribution in [0.1, 0.15) is 5.82 Å². The van der Waals surface area contributed by atoms with Crippen molar-refractivity contribution >= 4 is 46.4 Å². The van der Waals surface area contributed by atoms with Gasteiger partial charge in [0.15, 0.2) is 5.82 Å². The molecule has 0 radical (unpaired) electrons. The number of hydrogen-bond acceptors (Lipinski definition) is 4. The first-order valence-corrected chi connectivity index (χ1v) is 6.85. The van der Waals surface area contributed by atoms with Crippen LogP contribution in [0.5, 0.6) is 11.6 Å². The lowest BCUT2D eigenvalue weighted by atomic mass is 10.3. The van der Waals surface area contributed by atoms with Crippen molar-refractivity contribution in [3.05, 3.63) is 44.2 Å². The third-order valence-corrected chi connectivity index (χ3v) is 3.39. The summed E-state index contributed by atoms with van der Waals surface area (Å²) >= 11 is 23.7. The maximum absolute atomic E-state index is 6.02. The Morgan fingerprint density at radius 1 is 0.950 bits per heavy atom. The maximum atomic E-state index is 6.02. The summed E-state index contributed by atoms with van der Waals surface area (Å²) in [6, 6.07) is 4.44. The Bertz CT molecular complexity index is 637. The highest BCUT2D eigenvalue weighted by Gasteiger charge is 2.11. The fourth-order valence-corrected chi connectivity index (χ4v) is 2.15. The maximum Gasteiger partial charge on any atom is 0.224 e. The van der Waals surface area contributed by atoms with Crippen LogP contribution in [-0.2, 0) is 11.3 Å². The SMILES string of the molecule is COCc1nc(Cl)cc(Oc2cc(Cl)c(Cl)cc2Cl)n1. The van der Waals surface area contributed by atoms with E-state index in [1.165, 1.54) is 25.3 Å². The van der Waals surface area contributed by atoms with E-state index in [4.69, 9.17) is 55.9 Å². The molecule has 0 spiro atoms. The summed E-state index contributed by atoms with van der Waals surface area (Å²) in [7, 11) is 1.53. The normalized spacial score (nSPS) is 10.7. The van der Waals surface area contributed by atoms with Crippen molar-refractivity contribution in [2.45, 2.75) is 6.61 Å². The van der Waals surface area contributed by atoms with Gasteiger partial charge in [-0.15, -0.1) is 0 Å². The van der Waals surface area contributed by atoms with Crippen LogP contribution in [0.15, 0.2) is 18.2 Å². The van der Waals surface area contributed by atoms with Crippen LogP contribution in [0, 0.1) is 0 Å². The van der Waals surface area contributed by atoms with E-state index in [1.807, 2.05) is 0 Å². The van der Waals surface area contributed by atoms with E-state index in [0.717, 1.165) is 0 Å². The fraction of sp³-hybridized carbons (Fsp3) is 0.167. The first-order chi connectivity index (χ1) is 9.49. The Morgan fingerprint density at radius 3 is 2.35 bits per heavy atom. The zero-order valence-corrected chi connectivity index (χ0v) is 13.2. The molecule has 0 unspecified atom stereocenters. The molecule has 20 heavy (non-hydrogen) atoms. The molecule has 0 aliphatic rings. The highest BCUT2D eigenvalue weighted by atomic mass is 35.5. The Labute approximate surface area is 135 Å². The van der Waals surface area contributed by atoms with E-state index in [0.29, 0.717) is 26.6 Å². The van der Waals surface area contributed by atoms with Crippen LogP contribution < -0.4 is 4.74 Å². The van der Waals surface area contributed by atoms with Gasteiger partial charge in [0.25, 0.3) is 0 Å². The molecule has 0 N–H and O–H groups in total. The van der Waals surface area contributed by atoms with E-state index in [9.17, 15) is 0 Å². The third-order valence-electron chi connectivity index (χ3n) is 2.18. The molecule has 106 valence electrons. The summed E-state index contributed by atoms with van der Waals surface area (Å²) < 4.78 is 10.5. The van der Waals surface area contributed by atoms with Crippen LogP contribution in [0.3, 0.4) is 0 Å². The minimum atomic E-state index is 0.214. The van der Waals surface area contributed by atoms with Crippen LogP contribution in [0.25, 0.3) is 0 Å². The van der Waals surface area contributed by atoms with Crippen LogP contribution in [0.2, 0.25) is 20.2 Å². The molecule has 0 fully saturated rings. The average molecular weight is 354 g/mol. The first-order valence-electron chi connectivity index (χ1n) is 5.34. The predicted molar refractivity (Wildman–Crippen MR) is 79.3 cm³/mol. The Hall–Kier alpha value is -0.780. The molecule has 0 aliphatic carbocycles. The van der Waals surface area contributed by atoms with Gasteiger partial charge in [0, 0.05) is 19.2 Å². The van der Waals surface area contributed by atoms with Crippen molar-refractivity contribution in [1.82, 2.24) is 9.97 Å². The molecule has 4 nitrogen and oxygen atoms in total. The summed E-state index contributed by atoms with van der Waals surface area (Å²) in [5.74, 6) is 0.947. The fourth-order valence-electron chi connectivity index (χ4n) is 1.38. The molecular formula is C12H8Cl4N2O2. The van der Waals surface area contributed by atoms with Crippen molar-refractivity contribution in [3.8, 4) is 11.6 Å². The molecule has 0 amide bonds. The summed E-state index contributed by atoms with van der Waals surface area (Å²) in [6.07, 6.45) is 0. The number of benzene rings is 1. The number of halogens is 4. The van der Waals surface area contributed by atoms with Crippen molar-refractivity contribution < 1.29 is 9.47 Å². The Kier molecular flexibility index (Phi) is 5.29. The number of rotatable bonds is 4. The highest BCUT2D eigenvalue weighted by molar-refractivity contribution is 6.43. The lowest BCUT2D eigenvalue weighted by molar-refractivity contribution is 0.177. The van der Waals surface area contributed by atoms with E-state index in [2.05, 4.69) is 9.97 Å². The van der Waals surface area contributed by atoms with Gasteiger partial charge < -0.3 is 9.47 Å². The predicted octanol–water partition coefficient (Wildman–Crippen LogP) is 5.03. The Morgan fingerprint density at radius 2 is 1.65 bits per heavy atom. The first kappa shape index (κ1) is 15.6. The minimum Gasteiger partial charge on any atom is -0.437 e. The minimum absolute atomic E-state index is 0.214. The smallest absolute Gasteiger partial charge is 0.224 e. The molecule has 1 aromatic carbocycles. The second-order valence-electron chi connectivity index (χ2n) is 3.68. The quantitative estimate of drug-likeness (QED) is 0.571. The van der Waals surface area contributed by atoms with Gasteiger partial charge >= 0.3 is 0 Å². The second-order valence-corrected chi connectivity index (χ2v) is 5.29. The topological polar surface area (TPSA) is 44.2 Å². The standard InChI is InChI=1S/C12H8Cl4N2O2/c1-19-5-11-17-10(16)4-12(18-11)20-9-3-7(14)6(13)2-8(9)15/h2-4H,5H2,1H3. The van der Waals surface area contributed by atoms with Gasteiger partial charge in [0.05, 0.1) is 15.1 Å². The zero-order valence-electron chi connectivity index (χ0n) is 10.2. The molecule has 0 saturated heterocycles. The van der Waals surface area contributed by atoms with Crippen LogP contribution in [-0.4, -0.2) is 17.1 Å². The summed E-state index contributed by atoms with van der Waals surface area (Å²) in [5.41, 5.74) is 0. The van der Waals surface area contributed by atoms with E-state index < -0.39 is 0 Å². The zero-order chi connectivity index (χ0) is 14.7. The van der Waals surface area contributed by atoms with Gasteiger partial charge in [0.2, 0.25) is 5.88 Å². The number of hydrogen-bond donors (Lipinski definition) is 0. The number of ether oxygens (including phenoxy) is 2. The van der Waals surface area contributed by atoms with E-state index in [-0.39, 0.29) is 17.6 Å². The molecule has 0 atom stereocenters. The van der Waals surface area contributed by atoms with E-state index in [1.54, 1.807) is 0 Å². The van der Waals surface area contributed by atoms with Gasteiger partial charge in [-0.05, 0) is 6.07 Å². The number of aromatic nitrogens is 2. The van der Waals surface area contributed by atoms with Crippen LogP contribution >= 0.6 is 46.4 Å². The molecule has 2 rings (SSSR count). The molecule has 0 bridgehead atoms. The summed E-state index contributed by atoms with van der Waals surface area (Å²) in [4.78, 5) is 8.12. The monoisotopic (exact) mass is 352 g/mol. The Balaban J connectivity index is 2.32. The van der Waals surface area contributed by atoms with Gasteiger partial charge in [0.1, 0.15) is 17.5 Å². The summed E-state index contributed by atoms with van der Waals surface area (Å²) in [5, 5.41) is 1.20. The third kappa shape index (κ3) is 3.87. The molecule has 2 aromatic rings. The second kappa shape index (κ2) is 6.78. The van der Waals surface area contributed by atoms with Gasteiger partial charge in [-0.2, -0.15) is 4.98 Å². The molecule has 1 heterocycles. The molecule has 0 saturated carbocycles. The van der Waals surface area contributed by atoms with Gasteiger partial charge in [-0.3, -0.25) is 0 Å². The average Bonchev–Trinajstić information content (AvgIpc) is 2.35. The number of methoxy groups -OCH3 is 1.